The standard InChI is InChI=1S/C33H31ClF3N7O3S2/c34-24-14-20(35)4-7-23(24)29-28(25-8-11-43(41-25)32(36)37)26-13-19(17-42(26)30(40-29)31-39-10-12-48-31)18-49(46,47)44-21-5-6-22(44)16-33(45,15-21)27-3-1-2-9-38-27/h1-4,7-12,14,19,21-22,29,32,45H,5-6,13,15-18H2/t19-,21?,22?,29-,33?/m0/s1. The molecule has 4 atom stereocenters. The lowest BCUT2D eigenvalue weighted by atomic mass is 9.84. The molecule has 49 heavy (non-hydrogen) atoms. The summed E-state index contributed by atoms with van der Waals surface area (Å²) in [5.41, 5.74) is 1.20. The smallest absolute Gasteiger partial charge is 0.333 e. The van der Waals surface area contributed by atoms with Gasteiger partial charge in [-0.25, -0.2) is 22.5 Å². The lowest BCUT2D eigenvalue weighted by molar-refractivity contribution is -0.0374. The Labute approximate surface area is 289 Å². The van der Waals surface area contributed by atoms with E-state index in [1.54, 1.807) is 34.2 Å². The van der Waals surface area contributed by atoms with Crippen molar-refractivity contribution in [2.24, 2.45) is 10.9 Å². The molecule has 0 amide bonds. The number of allylic oxidation sites excluding steroid dienone is 1. The molecule has 1 N–H and O–H groups in total. The van der Waals surface area contributed by atoms with Crippen molar-refractivity contribution in [3.8, 4) is 0 Å². The van der Waals surface area contributed by atoms with Crippen LogP contribution in [0.1, 0.15) is 66.7 Å². The molecule has 1 aromatic carbocycles. The van der Waals surface area contributed by atoms with Gasteiger partial charge < -0.3 is 10.0 Å². The Morgan fingerprint density at radius 1 is 1.08 bits per heavy atom. The molecule has 0 aliphatic carbocycles. The number of thiazole rings is 1. The highest BCUT2D eigenvalue weighted by Gasteiger charge is 2.54. The summed E-state index contributed by atoms with van der Waals surface area (Å²) in [5.74, 6) is -0.599. The minimum atomic E-state index is -3.80. The quantitative estimate of drug-likeness (QED) is 0.237. The first-order chi connectivity index (χ1) is 23.5. The van der Waals surface area contributed by atoms with Crippen LogP contribution in [0.25, 0.3) is 5.57 Å². The average Bonchev–Trinajstić information content (AvgIpc) is 3.88. The fourth-order valence-corrected chi connectivity index (χ4v) is 11.2. The van der Waals surface area contributed by atoms with Crippen molar-refractivity contribution in [1.29, 1.82) is 0 Å². The molecule has 256 valence electrons. The third-order valence-electron chi connectivity index (χ3n) is 9.91. The Balaban J connectivity index is 1.16. The Morgan fingerprint density at radius 2 is 1.88 bits per heavy atom. The van der Waals surface area contributed by atoms with Gasteiger partial charge in [0.2, 0.25) is 10.0 Å². The number of aromatic nitrogens is 4. The van der Waals surface area contributed by atoms with Gasteiger partial charge in [0.05, 0.1) is 17.1 Å². The van der Waals surface area contributed by atoms with E-state index in [4.69, 9.17) is 16.6 Å². The number of aliphatic hydroxyl groups is 1. The van der Waals surface area contributed by atoms with Crippen LogP contribution in [0.5, 0.6) is 0 Å². The number of halogens is 4. The number of aliphatic imine (C=N–C) groups is 1. The van der Waals surface area contributed by atoms with Crippen LogP contribution in [-0.2, 0) is 15.6 Å². The summed E-state index contributed by atoms with van der Waals surface area (Å²) in [4.78, 5) is 15.8. The third-order valence-corrected chi connectivity index (χ3v) is 13.1. The summed E-state index contributed by atoms with van der Waals surface area (Å²) in [7, 11) is -3.80. The zero-order valence-electron chi connectivity index (χ0n) is 25.9. The lowest BCUT2D eigenvalue weighted by Gasteiger charge is -2.42. The molecule has 16 heteroatoms. The first-order valence-electron chi connectivity index (χ1n) is 15.9. The summed E-state index contributed by atoms with van der Waals surface area (Å²) < 4.78 is 72.3. The van der Waals surface area contributed by atoms with Crippen molar-refractivity contribution in [3.05, 3.63) is 105 Å². The minimum absolute atomic E-state index is 0.107. The van der Waals surface area contributed by atoms with Gasteiger partial charge >= 0.3 is 6.55 Å². The van der Waals surface area contributed by atoms with Crippen molar-refractivity contribution >= 4 is 44.4 Å². The molecular formula is C33H31ClF3N7O3S2. The van der Waals surface area contributed by atoms with Crippen molar-refractivity contribution in [2.45, 2.75) is 62.4 Å². The van der Waals surface area contributed by atoms with Crippen LogP contribution in [0.2, 0.25) is 5.02 Å². The molecule has 7 heterocycles. The number of fused-ring (bicyclic) bond motifs is 3. The second-order valence-electron chi connectivity index (χ2n) is 13.0. The minimum Gasteiger partial charge on any atom is -0.383 e. The number of pyridine rings is 1. The first kappa shape index (κ1) is 32.6. The largest absolute Gasteiger partial charge is 0.383 e. The van der Waals surface area contributed by atoms with Crippen molar-refractivity contribution in [3.63, 3.8) is 0 Å². The second kappa shape index (κ2) is 12.3. The molecule has 10 nitrogen and oxygen atoms in total. The number of rotatable bonds is 8. The number of piperidine rings is 1. The van der Waals surface area contributed by atoms with Gasteiger partial charge in [-0.15, -0.1) is 11.3 Å². The van der Waals surface area contributed by atoms with Gasteiger partial charge in [-0.2, -0.15) is 18.2 Å². The van der Waals surface area contributed by atoms with E-state index < -0.39 is 40.0 Å². The van der Waals surface area contributed by atoms with Gasteiger partial charge in [-0.1, -0.05) is 23.7 Å². The average molecular weight is 730 g/mol. The molecule has 3 fully saturated rings. The maximum absolute atomic E-state index is 14.3. The SMILES string of the molecule is O=S(=O)(C[C@H]1CC2=C(c3ccn(C(F)F)n3)[C@H](c3ccc(F)cc3Cl)N=C(c3nccs3)N2C1)N1C2CCC1CC(O)(c1ccccn1)C2. The second-order valence-corrected chi connectivity index (χ2v) is 16.2. The monoisotopic (exact) mass is 729 g/mol. The van der Waals surface area contributed by atoms with E-state index >= 15 is 0 Å². The van der Waals surface area contributed by atoms with E-state index in [2.05, 4.69) is 15.1 Å². The molecule has 0 saturated carbocycles. The topological polar surface area (TPSA) is 117 Å². The van der Waals surface area contributed by atoms with E-state index in [0.29, 0.717) is 50.9 Å². The van der Waals surface area contributed by atoms with Gasteiger partial charge in [0.25, 0.3) is 0 Å². The maximum Gasteiger partial charge on any atom is 0.333 e. The number of sulfonamides is 1. The van der Waals surface area contributed by atoms with Gasteiger partial charge in [0.1, 0.15) is 17.5 Å². The van der Waals surface area contributed by atoms with E-state index in [0.717, 1.165) is 0 Å². The van der Waals surface area contributed by atoms with Crippen LogP contribution in [0.3, 0.4) is 0 Å². The van der Waals surface area contributed by atoms with E-state index in [-0.39, 0.29) is 54.4 Å². The summed E-state index contributed by atoms with van der Waals surface area (Å²) in [6.45, 7) is -2.59. The van der Waals surface area contributed by atoms with Gasteiger partial charge in [0.15, 0.2) is 10.8 Å². The predicted molar refractivity (Wildman–Crippen MR) is 178 cm³/mol. The molecule has 2 bridgehead atoms. The van der Waals surface area contributed by atoms with E-state index in [1.165, 1.54) is 41.8 Å². The fourth-order valence-electron chi connectivity index (χ4n) is 8.01. The van der Waals surface area contributed by atoms with Crippen molar-refractivity contribution in [1.82, 2.24) is 29.0 Å². The Kier molecular flexibility index (Phi) is 8.18. The number of hydrogen-bond acceptors (Lipinski definition) is 9. The van der Waals surface area contributed by atoms with Crippen LogP contribution in [0, 0.1) is 11.7 Å². The molecular weight excluding hydrogens is 699 g/mol. The Bertz CT molecular complexity index is 2050. The summed E-state index contributed by atoms with van der Waals surface area (Å²) in [6.07, 6.45) is 6.57. The Morgan fingerprint density at radius 3 is 2.53 bits per heavy atom. The summed E-state index contributed by atoms with van der Waals surface area (Å²) in [5, 5.41) is 18.2. The zero-order chi connectivity index (χ0) is 34.1. The summed E-state index contributed by atoms with van der Waals surface area (Å²) in [6, 6.07) is 9.24. The van der Waals surface area contributed by atoms with Gasteiger partial charge in [-0.3, -0.25) is 9.98 Å². The predicted octanol–water partition coefficient (Wildman–Crippen LogP) is 6.00. The molecule has 4 aliphatic heterocycles. The van der Waals surface area contributed by atoms with Gasteiger partial charge in [0, 0.05) is 64.5 Å². The van der Waals surface area contributed by atoms with Crippen LogP contribution in [0.15, 0.2) is 77.1 Å². The molecule has 2 unspecified atom stereocenters. The molecule has 3 aromatic heterocycles. The number of hydrogen-bond donors (Lipinski definition) is 1. The van der Waals surface area contributed by atoms with E-state index in [9.17, 15) is 26.7 Å². The molecule has 0 spiro atoms. The molecule has 0 radical (unpaired) electrons. The third kappa shape index (κ3) is 5.78. The molecule has 4 aromatic rings. The molecule has 3 saturated heterocycles. The normalized spacial score (nSPS) is 27.2. The number of nitrogens with zero attached hydrogens (tertiary/aromatic N) is 7. The molecule has 4 aliphatic rings. The number of alkyl halides is 2. The first-order valence-corrected chi connectivity index (χ1v) is 18.8. The molecule has 8 rings (SSSR count). The van der Waals surface area contributed by atoms with Gasteiger partial charge in [-0.05, 0) is 68.4 Å². The Hall–Kier alpha value is -3.63. The number of benzene rings is 1. The lowest BCUT2D eigenvalue weighted by Crippen LogP contribution is -2.53. The maximum atomic E-state index is 14.3. The van der Waals surface area contributed by atoms with Crippen LogP contribution >= 0.6 is 22.9 Å². The van der Waals surface area contributed by atoms with Crippen LogP contribution in [-0.4, -0.2) is 72.7 Å². The summed E-state index contributed by atoms with van der Waals surface area (Å²) >= 11 is 7.93. The van der Waals surface area contributed by atoms with Crippen LogP contribution < -0.4 is 0 Å². The fraction of sp³-hybridized carbons (Fsp3) is 0.394. The van der Waals surface area contributed by atoms with Crippen molar-refractivity contribution in [2.75, 3.05) is 12.3 Å². The number of amidine groups is 1. The zero-order valence-corrected chi connectivity index (χ0v) is 28.3. The van der Waals surface area contributed by atoms with Crippen LogP contribution in [0.4, 0.5) is 13.2 Å². The van der Waals surface area contributed by atoms with E-state index in [1.807, 2.05) is 11.0 Å². The van der Waals surface area contributed by atoms with Crippen molar-refractivity contribution < 1.29 is 26.7 Å². The highest BCUT2D eigenvalue weighted by Crippen LogP contribution is 2.49. The highest BCUT2D eigenvalue weighted by atomic mass is 35.5. The highest BCUT2D eigenvalue weighted by molar-refractivity contribution is 7.89.